The van der Waals surface area contributed by atoms with Crippen LogP contribution in [0, 0.1) is 0 Å². The summed E-state index contributed by atoms with van der Waals surface area (Å²) in [5.41, 5.74) is 2.39. The van der Waals surface area contributed by atoms with Gasteiger partial charge in [0.2, 0.25) is 5.91 Å². The molecule has 1 aliphatic rings. The number of carbonyl (C=O) groups excluding carboxylic acids is 1. The molecule has 0 spiro atoms. The molecule has 1 saturated heterocycles. The van der Waals surface area contributed by atoms with E-state index in [4.69, 9.17) is 0 Å². The monoisotopic (exact) mass is 363 g/mol. The fraction of sp³-hybridized carbons (Fsp3) is 0.348. The van der Waals surface area contributed by atoms with Crippen molar-refractivity contribution in [1.82, 2.24) is 15.1 Å². The molecule has 2 aromatic carbocycles. The smallest absolute Gasteiger partial charge is 0.221 e. The zero-order chi connectivity index (χ0) is 18.7. The summed E-state index contributed by atoms with van der Waals surface area (Å²) in [5.74, 6) is 0.132. The molecule has 1 N–H and O–H groups in total. The number of hydrogen-bond donors (Lipinski definition) is 1. The van der Waals surface area contributed by atoms with Gasteiger partial charge >= 0.3 is 0 Å². The number of amides is 1. The molecule has 4 heteroatoms. The molecule has 0 aliphatic carbocycles. The molecule has 1 fully saturated rings. The molecule has 2 aromatic rings. The predicted molar refractivity (Wildman–Crippen MR) is 111 cm³/mol. The summed E-state index contributed by atoms with van der Waals surface area (Å²) < 4.78 is 0. The SMILES string of the molecule is O=C(CCN1CCN(C/C=C/c2ccccc2)CC1)NCc1ccccc1. The first-order valence-electron chi connectivity index (χ1n) is 9.76. The standard InChI is InChI=1S/C23H29N3O/c27-23(24-20-22-10-5-2-6-11-22)13-15-26-18-16-25(17-19-26)14-7-12-21-8-3-1-4-9-21/h1-12H,13-20H2,(H,24,27)/b12-7+. The minimum absolute atomic E-state index is 0.132. The third kappa shape index (κ3) is 7.00. The molecule has 4 nitrogen and oxygen atoms in total. The van der Waals surface area contributed by atoms with Gasteiger partial charge in [-0.2, -0.15) is 0 Å². The van der Waals surface area contributed by atoms with E-state index in [1.165, 1.54) is 5.56 Å². The van der Waals surface area contributed by atoms with Gasteiger partial charge in [-0.1, -0.05) is 72.8 Å². The van der Waals surface area contributed by atoms with Gasteiger partial charge in [0, 0.05) is 52.2 Å². The Bertz CT molecular complexity index is 707. The van der Waals surface area contributed by atoms with E-state index in [1.54, 1.807) is 0 Å². The lowest BCUT2D eigenvalue weighted by Gasteiger charge is -2.34. The molecule has 3 rings (SSSR count). The molecule has 0 saturated carbocycles. The molecule has 0 bridgehead atoms. The lowest BCUT2D eigenvalue weighted by Crippen LogP contribution is -2.47. The second-order valence-electron chi connectivity index (χ2n) is 6.97. The summed E-state index contributed by atoms with van der Waals surface area (Å²) in [7, 11) is 0. The van der Waals surface area contributed by atoms with E-state index >= 15 is 0 Å². The normalized spacial score (nSPS) is 15.9. The Balaban J connectivity index is 1.29. The Kier molecular flexibility index (Phi) is 7.63. The van der Waals surface area contributed by atoms with Gasteiger partial charge in [-0.3, -0.25) is 9.69 Å². The van der Waals surface area contributed by atoms with Crippen LogP contribution in [0.4, 0.5) is 0 Å². The second kappa shape index (κ2) is 10.7. The van der Waals surface area contributed by atoms with Crippen molar-refractivity contribution >= 4 is 12.0 Å². The van der Waals surface area contributed by atoms with Crippen LogP contribution in [-0.2, 0) is 11.3 Å². The number of carbonyl (C=O) groups is 1. The summed E-state index contributed by atoms with van der Waals surface area (Å²) in [6, 6.07) is 20.5. The molecule has 27 heavy (non-hydrogen) atoms. The van der Waals surface area contributed by atoms with Crippen molar-refractivity contribution in [3.8, 4) is 0 Å². The molecule has 0 atom stereocenters. The number of rotatable bonds is 8. The van der Waals surface area contributed by atoms with E-state index in [1.807, 2.05) is 36.4 Å². The highest BCUT2D eigenvalue weighted by Crippen LogP contribution is 2.05. The van der Waals surface area contributed by atoms with Crippen molar-refractivity contribution in [2.45, 2.75) is 13.0 Å². The Hall–Kier alpha value is -2.43. The number of benzene rings is 2. The third-order valence-corrected chi connectivity index (χ3v) is 4.93. The van der Waals surface area contributed by atoms with E-state index in [2.05, 4.69) is 51.5 Å². The highest BCUT2D eigenvalue weighted by Gasteiger charge is 2.16. The largest absolute Gasteiger partial charge is 0.352 e. The van der Waals surface area contributed by atoms with E-state index < -0.39 is 0 Å². The molecular weight excluding hydrogens is 334 g/mol. The fourth-order valence-electron chi connectivity index (χ4n) is 3.24. The van der Waals surface area contributed by atoms with E-state index in [-0.39, 0.29) is 5.91 Å². The van der Waals surface area contributed by atoms with E-state index in [9.17, 15) is 4.79 Å². The van der Waals surface area contributed by atoms with Crippen LogP contribution in [-0.4, -0.2) is 55.0 Å². The Morgan fingerprint density at radius 1 is 0.889 bits per heavy atom. The van der Waals surface area contributed by atoms with Crippen molar-refractivity contribution in [2.24, 2.45) is 0 Å². The number of hydrogen-bond acceptors (Lipinski definition) is 3. The van der Waals surface area contributed by atoms with Crippen LogP contribution >= 0.6 is 0 Å². The first kappa shape index (κ1) is 19.3. The predicted octanol–water partition coefficient (Wildman–Crippen LogP) is 3.02. The number of piperazine rings is 1. The lowest BCUT2D eigenvalue weighted by atomic mass is 10.2. The van der Waals surface area contributed by atoms with Crippen molar-refractivity contribution < 1.29 is 4.79 Å². The average Bonchev–Trinajstić information content (AvgIpc) is 2.73. The number of nitrogens with one attached hydrogen (secondary N) is 1. The van der Waals surface area contributed by atoms with Crippen LogP contribution < -0.4 is 5.32 Å². The highest BCUT2D eigenvalue weighted by atomic mass is 16.1. The van der Waals surface area contributed by atoms with E-state index in [0.29, 0.717) is 13.0 Å². The maximum Gasteiger partial charge on any atom is 0.221 e. The average molecular weight is 364 g/mol. The quantitative estimate of drug-likeness (QED) is 0.783. The van der Waals surface area contributed by atoms with Crippen LogP contribution in [0.1, 0.15) is 17.5 Å². The van der Waals surface area contributed by atoms with Gasteiger partial charge in [-0.25, -0.2) is 0 Å². The molecule has 0 unspecified atom stereocenters. The van der Waals surface area contributed by atoms with Crippen molar-refractivity contribution in [1.29, 1.82) is 0 Å². The summed E-state index contributed by atoms with van der Waals surface area (Å²) in [4.78, 5) is 16.9. The van der Waals surface area contributed by atoms with Gasteiger partial charge in [-0.15, -0.1) is 0 Å². The summed E-state index contributed by atoms with van der Waals surface area (Å²) >= 11 is 0. The van der Waals surface area contributed by atoms with Gasteiger partial charge in [0.15, 0.2) is 0 Å². The van der Waals surface area contributed by atoms with Gasteiger partial charge in [-0.05, 0) is 11.1 Å². The first-order chi connectivity index (χ1) is 13.3. The van der Waals surface area contributed by atoms with Gasteiger partial charge in [0.05, 0.1) is 0 Å². The topological polar surface area (TPSA) is 35.6 Å². The van der Waals surface area contributed by atoms with Gasteiger partial charge in [0.1, 0.15) is 0 Å². The molecule has 1 heterocycles. The zero-order valence-electron chi connectivity index (χ0n) is 15.9. The van der Waals surface area contributed by atoms with Crippen molar-refractivity contribution in [3.63, 3.8) is 0 Å². The molecule has 0 radical (unpaired) electrons. The Morgan fingerprint density at radius 3 is 2.22 bits per heavy atom. The second-order valence-corrected chi connectivity index (χ2v) is 6.97. The maximum absolute atomic E-state index is 12.0. The summed E-state index contributed by atoms with van der Waals surface area (Å²) in [5, 5.41) is 3.01. The molecule has 1 amide bonds. The van der Waals surface area contributed by atoms with E-state index in [0.717, 1.165) is 44.8 Å². The zero-order valence-corrected chi connectivity index (χ0v) is 15.9. The lowest BCUT2D eigenvalue weighted by molar-refractivity contribution is -0.121. The van der Waals surface area contributed by atoms with Crippen molar-refractivity contribution in [3.05, 3.63) is 77.9 Å². The Labute approximate surface area is 162 Å². The van der Waals surface area contributed by atoms with Crippen LogP contribution in [0.25, 0.3) is 6.08 Å². The minimum atomic E-state index is 0.132. The highest BCUT2D eigenvalue weighted by molar-refractivity contribution is 5.76. The first-order valence-corrected chi connectivity index (χ1v) is 9.76. The van der Waals surface area contributed by atoms with Crippen molar-refractivity contribution in [2.75, 3.05) is 39.3 Å². The molecule has 142 valence electrons. The fourth-order valence-corrected chi connectivity index (χ4v) is 3.24. The van der Waals surface area contributed by atoms with Crippen LogP contribution in [0.3, 0.4) is 0 Å². The molecule has 1 aliphatic heterocycles. The van der Waals surface area contributed by atoms with Crippen LogP contribution in [0.5, 0.6) is 0 Å². The van der Waals surface area contributed by atoms with Gasteiger partial charge < -0.3 is 10.2 Å². The summed E-state index contributed by atoms with van der Waals surface area (Å²) in [6.45, 7) is 6.63. The minimum Gasteiger partial charge on any atom is -0.352 e. The van der Waals surface area contributed by atoms with Crippen LogP contribution in [0.2, 0.25) is 0 Å². The molecular formula is C23H29N3O. The summed E-state index contributed by atoms with van der Waals surface area (Å²) in [6.07, 6.45) is 4.99. The third-order valence-electron chi connectivity index (χ3n) is 4.93. The van der Waals surface area contributed by atoms with Gasteiger partial charge in [0.25, 0.3) is 0 Å². The number of nitrogens with zero attached hydrogens (tertiary/aromatic N) is 2. The molecule has 0 aromatic heterocycles. The van der Waals surface area contributed by atoms with Crippen LogP contribution in [0.15, 0.2) is 66.7 Å². The Morgan fingerprint density at radius 2 is 1.52 bits per heavy atom. The maximum atomic E-state index is 12.0.